The summed E-state index contributed by atoms with van der Waals surface area (Å²) >= 11 is 0. The Labute approximate surface area is 150 Å². The quantitative estimate of drug-likeness (QED) is 0.531. The van der Waals surface area contributed by atoms with Crippen LogP contribution >= 0.6 is 0 Å². The molecule has 4 N–H and O–H groups in total. The van der Waals surface area contributed by atoms with E-state index in [9.17, 15) is 24.8 Å². The first-order valence-electron chi connectivity index (χ1n) is 8.55. The van der Waals surface area contributed by atoms with Crippen LogP contribution in [0.15, 0.2) is 30.5 Å². The van der Waals surface area contributed by atoms with Gasteiger partial charge in [0.25, 0.3) is 0 Å². The topological polar surface area (TPSA) is 115 Å². The van der Waals surface area contributed by atoms with Gasteiger partial charge < -0.3 is 20.4 Å². The number of aliphatic hydroxyl groups excluding tert-OH is 4. The van der Waals surface area contributed by atoms with Crippen molar-refractivity contribution in [2.45, 2.75) is 37.3 Å². The number of nitrogens with zero attached hydrogens (tertiary/aromatic N) is 4. The number of hydrogen-bond donors (Lipinski definition) is 4. The van der Waals surface area contributed by atoms with Gasteiger partial charge in [-0.25, -0.2) is 4.39 Å². The highest BCUT2D eigenvalue weighted by molar-refractivity contribution is 5.58. The third-order valence-electron chi connectivity index (χ3n) is 4.74. The van der Waals surface area contributed by atoms with Crippen LogP contribution in [0.3, 0.4) is 0 Å². The van der Waals surface area contributed by atoms with E-state index < -0.39 is 24.4 Å². The monoisotopic (exact) mass is 366 g/mol. The number of rotatable bonds is 6. The highest BCUT2D eigenvalue weighted by Crippen LogP contribution is 2.21. The highest BCUT2D eigenvalue weighted by atomic mass is 19.1. The zero-order valence-electron chi connectivity index (χ0n) is 14.2. The fraction of sp³-hybridized carbons (Fsp3) is 0.529. The molecule has 1 aromatic carbocycles. The predicted molar refractivity (Wildman–Crippen MR) is 90.5 cm³/mol. The number of aromatic nitrogens is 3. The second-order valence-corrected chi connectivity index (χ2v) is 6.49. The van der Waals surface area contributed by atoms with Crippen LogP contribution in [0.2, 0.25) is 0 Å². The molecule has 0 radical (unpaired) electrons. The summed E-state index contributed by atoms with van der Waals surface area (Å²) in [6, 6.07) is 5.72. The Morgan fingerprint density at radius 1 is 1.12 bits per heavy atom. The molecule has 2 heterocycles. The van der Waals surface area contributed by atoms with E-state index in [1.54, 1.807) is 34.0 Å². The summed E-state index contributed by atoms with van der Waals surface area (Å²) in [7, 11) is 0. The number of hydrogen-bond acceptors (Lipinski definition) is 7. The molecule has 0 aliphatic carbocycles. The average molecular weight is 366 g/mol. The molecule has 142 valence electrons. The largest absolute Gasteiger partial charge is 0.395 e. The van der Waals surface area contributed by atoms with Gasteiger partial charge in [-0.3, -0.25) is 9.58 Å². The van der Waals surface area contributed by atoms with Gasteiger partial charge in [0.1, 0.15) is 23.7 Å². The van der Waals surface area contributed by atoms with Gasteiger partial charge in [0.05, 0.1) is 24.9 Å². The lowest BCUT2D eigenvalue weighted by Gasteiger charge is -2.43. The molecule has 1 fully saturated rings. The van der Waals surface area contributed by atoms with Gasteiger partial charge in [0, 0.05) is 25.2 Å². The molecule has 1 aliphatic rings. The van der Waals surface area contributed by atoms with Gasteiger partial charge in [-0.1, -0.05) is 17.3 Å². The van der Waals surface area contributed by atoms with Gasteiger partial charge in [0.15, 0.2) is 0 Å². The Balaban J connectivity index is 1.57. The standard InChI is InChI=1S/C17H23FN4O4/c18-12-5-2-1-4-11(12)13-8-22(20-19-13)7-3-6-21-9-15(24)17(26)16(25)14(21)10-23/h1-2,4-5,8,14-17,23-26H,3,6-7,9-10H2/t14-,15+,16-,17-/m1/s1. The van der Waals surface area contributed by atoms with Crippen LogP contribution < -0.4 is 0 Å². The minimum atomic E-state index is -1.26. The summed E-state index contributed by atoms with van der Waals surface area (Å²) < 4.78 is 15.4. The normalized spacial score (nSPS) is 27.0. The highest BCUT2D eigenvalue weighted by Gasteiger charge is 2.40. The number of piperidine rings is 1. The van der Waals surface area contributed by atoms with E-state index in [1.165, 1.54) is 6.07 Å². The average Bonchev–Trinajstić information content (AvgIpc) is 3.09. The predicted octanol–water partition coefficient (Wildman–Crippen LogP) is -0.767. The van der Waals surface area contributed by atoms with E-state index in [0.717, 1.165) is 0 Å². The van der Waals surface area contributed by atoms with Crippen molar-refractivity contribution in [3.8, 4) is 11.3 Å². The minimum Gasteiger partial charge on any atom is -0.395 e. The Morgan fingerprint density at radius 3 is 2.62 bits per heavy atom. The van der Waals surface area contributed by atoms with Crippen LogP contribution in [-0.4, -0.2) is 84.4 Å². The first-order valence-corrected chi connectivity index (χ1v) is 8.55. The molecule has 8 nitrogen and oxygen atoms in total. The third-order valence-corrected chi connectivity index (χ3v) is 4.74. The maximum Gasteiger partial charge on any atom is 0.132 e. The number of aryl methyl sites for hydroxylation is 1. The first-order chi connectivity index (χ1) is 12.5. The first kappa shape index (κ1) is 18.9. The minimum absolute atomic E-state index is 0.168. The molecule has 26 heavy (non-hydrogen) atoms. The van der Waals surface area contributed by atoms with Crippen molar-refractivity contribution in [2.24, 2.45) is 0 Å². The molecule has 0 bridgehead atoms. The molecule has 1 aromatic heterocycles. The second-order valence-electron chi connectivity index (χ2n) is 6.49. The number of halogens is 1. The maximum atomic E-state index is 13.8. The van der Waals surface area contributed by atoms with Crippen LogP contribution in [0.1, 0.15) is 6.42 Å². The van der Waals surface area contributed by atoms with Crippen molar-refractivity contribution in [1.29, 1.82) is 0 Å². The van der Waals surface area contributed by atoms with Crippen LogP contribution in [0.4, 0.5) is 4.39 Å². The summed E-state index contributed by atoms with van der Waals surface area (Å²) in [5, 5.41) is 46.9. The van der Waals surface area contributed by atoms with E-state index in [0.29, 0.717) is 30.8 Å². The van der Waals surface area contributed by atoms with Gasteiger partial charge in [-0.15, -0.1) is 5.10 Å². The van der Waals surface area contributed by atoms with Crippen molar-refractivity contribution in [3.63, 3.8) is 0 Å². The van der Waals surface area contributed by atoms with Crippen LogP contribution in [0, 0.1) is 5.82 Å². The molecule has 1 aliphatic heterocycles. The summed E-state index contributed by atoms with van der Waals surface area (Å²) in [5.41, 5.74) is 0.832. The second kappa shape index (κ2) is 8.19. The van der Waals surface area contributed by atoms with E-state index in [2.05, 4.69) is 10.3 Å². The van der Waals surface area contributed by atoms with E-state index >= 15 is 0 Å². The van der Waals surface area contributed by atoms with E-state index in [-0.39, 0.29) is 19.0 Å². The maximum absolute atomic E-state index is 13.8. The molecular formula is C17H23FN4O4. The van der Waals surface area contributed by atoms with Crippen molar-refractivity contribution in [3.05, 3.63) is 36.3 Å². The summed E-state index contributed by atoms with van der Waals surface area (Å²) in [5.74, 6) is -0.361. The van der Waals surface area contributed by atoms with Gasteiger partial charge in [0.2, 0.25) is 0 Å². The lowest BCUT2D eigenvalue weighted by atomic mass is 9.94. The molecule has 0 amide bonds. The number of β-amino-alcohol motifs (C(OH)–C–C–N with tert-alkyl or cyclic N) is 1. The smallest absolute Gasteiger partial charge is 0.132 e. The fourth-order valence-electron chi connectivity index (χ4n) is 3.27. The lowest BCUT2D eigenvalue weighted by Crippen LogP contribution is -2.62. The van der Waals surface area contributed by atoms with Gasteiger partial charge in [-0.05, 0) is 18.6 Å². The van der Waals surface area contributed by atoms with Crippen molar-refractivity contribution < 1.29 is 24.8 Å². The molecule has 4 atom stereocenters. The molecule has 2 aromatic rings. The summed E-state index contributed by atoms with van der Waals surface area (Å²) in [6.07, 6.45) is -1.26. The van der Waals surface area contributed by atoms with Crippen LogP contribution in [0.5, 0.6) is 0 Å². The fourth-order valence-corrected chi connectivity index (χ4v) is 3.27. The van der Waals surface area contributed by atoms with Crippen molar-refractivity contribution in [1.82, 2.24) is 19.9 Å². The van der Waals surface area contributed by atoms with Gasteiger partial charge >= 0.3 is 0 Å². The summed E-state index contributed by atoms with van der Waals surface area (Å²) in [4.78, 5) is 1.75. The molecule has 0 spiro atoms. The molecule has 1 saturated heterocycles. The Morgan fingerprint density at radius 2 is 1.88 bits per heavy atom. The number of aliphatic hydroxyl groups is 4. The summed E-state index contributed by atoms with van der Waals surface area (Å²) in [6.45, 7) is 0.846. The number of likely N-dealkylation sites (tertiary alicyclic amines) is 1. The molecular weight excluding hydrogens is 343 g/mol. The molecule has 9 heteroatoms. The zero-order valence-corrected chi connectivity index (χ0v) is 14.2. The number of benzene rings is 1. The van der Waals surface area contributed by atoms with E-state index in [1.807, 2.05) is 0 Å². The van der Waals surface area contributed by atoms with Gasteiger partial charge in [-0.2, -0.15) is 0 Å². The zero-order chi connectivity index (χ0) is 18.7. The van der Waals surface area contributed by atoms with Crippen molar-refractivity contribution >= 4 is 0 Å². The SMILES string of the molecule is OC[C@@H]1[C@@H](O)[C@H](O)[C@@H](O)CN1CCCn1cc(-c2ccccc2F)nn1. The van der Waals surface area contributed by atoms with Crippen LogP contribution in [0.25, 0.3) is 11.3 Å². The molecule has 3 rings (SSSR count). The van der Waals surface area contributed by atoms with E-state index in [4.69, 9.17) is 0 Å². The third kappa shape index (κ3) is 3.92. The van der Waals surface area contributed by atoms with Crippen molar-refractivity contribution in [2.75, 3.05) is 19.7 Å². The molecule has 0 unspecified atom stereocenters. The molecule has 0 saturated carbocycles. The Hall–Kier alpha value is -1.91. The lowest BCUT2D eigenvalue weighted by molar-refractivity contribution is -0.145. The Kier molecular flexibility index (Phi) is 5.94. The van der Waals surface area contributed by atoms with Crippen LogP contribution in [-0.2, 0) is 6.54 Å². The Bertz CT molecular complexity index is 728.